The lowest BCUT2D eigenvalue weighted by Gasteiger charge is -2.13. The number of aromatic nitrogens is 1. The fraction of sp³-hybridized carbons (Fsp3) is 0.0882. The molecule has 1 saturated heterocycles. The Morgan fingerprint density at radius 3 is 2.24 bits per heavy atom. The lowest BCUT2D eigenvalue weighted by molar-refractivity contribution is -0.123. The van der Waals surface area contributed by atoms with E-state index < -0.39 is 0 Å². The first kappa shape index (κ1) is 26.2. The minimum Gasteiger partial charge on any atom is -0.457 e. The summed E-state index contributed by atoms with van der Waals surface area (Å²) in [5.41, 5.74) is 5.30. The van der Waals surface area contributed by atoms with Gasteiger partial charge in [0.05, 0.1) is 23.1 Å². The van der Waals surface area contributed by atoms with Crippen molar-refractivity contribution in [2.45, 2.75) is 20.4 Å². The number of hydrogen-bond donors (Lipinski definition) is 0. The van der Waals surface area contributed by atoms with Crippen LogP contribution in [0.15, 0.2) is 102 Å². The molecule has 6 nitrogen and oxygen atoms in total. The number of fused-ring (bicyclic) bond motifs is 1. The number of nitriles is 1. The molecular weight excluding hydrogens is 530 g/mol. The summed E-state index contributed by atoms with van der Waals surface area (Å²) in [5, 5.41) is 10.9. The molecule has 1 aliphatic rings. The van der Waals surface area contributed by atoms with Crippen molar-refractivity contribution in [2.24, 2.45) is 0 Å². The van der Waals surface area contributed by atoms with Crippen molar-refractivity contribution in [3.05, 3.63) is 130 Å². The SMILES string of the molecule is Cc1cc(/C=C2\SC(=O)N(Cc3ccc4ccccc4c3)C2=O)c(C)n1-c1ccc(Oc2ccc(C#N)cc2)cc1. The lowest BCUT2D eigenvalue weighted by atomic mass is 10.1. The van der Waals surface area contributed by atoms with Gasteiger partial charge in [0, 0.05) is 17.1 Å². The van der Waals surface area contributed by atoms with E-state index in [0.717, 1.165) is 50.7 Å². The Morgan fingerprint density at radius 2 is 1.54 bits per heavy atom. The van der Waals surface area contributed by atoms with E-state index in [1.807, 2.05) is 92.7 Å². The topological polar surface area (TPSA) is 75.3 Å². The smallest absolute Gasteiger partial charge is 0.293 e. The molecule has 0 unspecified atom stereocenters. The van der Waals surface area contributed by atoms with Crippen molar-refractivity contribution < 1.29 is 14.3 Å². The number of carbonyl (C=O) groups excluding carboxylic acids is 2. The molecule has 2 amide bonds. The van der Waals surface area contributed by atoms with Crippen LogP contribution in [0.1, 0.15) is 28.1 Å². The molecule has 7 heteroatoms. The zero-order valence-corrected chi connectivity index (χ0v) is 23.3. The second kappa shape index (κ2) is 10.8. The minimum absolute atomic E-state index is 0.239. The Kier molecular flexibility index (Phi) is 6.92. The summed E-state index contributed by atoms with van der Waals surface area (Å²) in [4.78, 5) is 27.8. The molecule has 1 aromatic heterocycles. The van der Waals surface area contributed by atoms with Gasteiger partial charge in [-0.3, -0.25) is 14.5 Å². The predicted octanol–water partition coefficient (Wildman–Crippen LogP) is 8.15. The van der Waals surface area contributed by atoms with E-state index in [9.17, 15) is 9.59 Å². The van der Waals surface area contributed by atoms with Gasteiger partial charge in [-0.1, -0.05) is 36.4 Å². The summed E-state index contributed by atoms with van der Waals surface area (Å²) in [7, 11) is 0. The highest BCUT2D eigenvalue weighted by atomic mass is 32.2. The van der Waals surface area contributed by atoms with E-state index in [1.54, 1.807) is 24.3 Å². The van der Waals surface area contributed by atoms with Gasteiger partial charge in [-0.2, -0.15) is 5.26 Å². The van der Waals surface area contributed by atoms with Crippen LogP contribution in [0.4, 0.5) is 4.79 Å². The molecule has 0 atom stereocenters. The van der Waals surface area contributed by atoms with Crippen LogP contribution in [0.5, 0.6) is 11.5 Å². The molecular formula is C34H25N3O3S. The van der Waals surface area contributed by atoms with Crippen LogP contribution in [-0.2, 0) is 11.3 Å². The van der Waals surface area contributed by atoms with E-state index in [1.165, 1.54) is 4.90 Å². The zero-order chi connectivity index (χ0) is 28.5. The normalized spacial score (nSPS) is 14.2. The molecule has 0 radical (unpaired) electrons. The monoisotopic (exact) mass is 555 g/mol. The molecule has 5 aromatic rings. The number of aryl methyl sites for hydroxylation is 1. The number of hydrogen-bond acceptors (Lipinski definition) is 5. The number of nitrogens with zero attached hydrogens (tertiary/aromatic N) is 3. The van der Waals surface area contributed by atoms with E-state index in [-0.39, 0.29) is 17.7 Å². The second-order valence-corrected chi connectivity index (χ2v) is 10.8. The van der Waals surface area contributed by atoms with Crippen molar-refractivity contribution in [1.29, 1.82) is 5.26 Å². The Hall–Kier alpha value is -5.06. The summed E-state index contributed by atoms with van der Waals surface area (Å²) in [6.45, 7) is 4.25. The molecule has 200 valence electrons. The third kappa shape index (κ3) is 5.25. The van der Waals surface area contributed by atoms with E-state index in [2.05, 4.69) is 10.6 Å². The Labute approximate surface area is 242 Å². The molecule has 0 saturated carbocycles. The number of thioether (sulfide) groups is 1. The fourth-order valence-electron chi connectivity index (χ4n) is 5.03. The van der Waals surface area contributed by atoms with Crippen LogP contribution in [0.25, 0.3) is 22.5 Å². The van der Waals surface area contributed by atoms with Crippen LogP contribution in [0, 0.1) is 25.2 Å². The van der Waals surface area contributed by atoms with Gasteiger partial charge in [-0.05, 0) is 114 Å². The first-order chi connectivity index (χ1) is 19.9. The van der Waals surface area contributed by atoms with E-state index in [0.29, 0.717) is 22.0 Å². The molecule has 1 aliphatic heterocycles. The maximum atomic E-state index is 13.3. The van der Waals surface area contributed by atoms with Gasteiger partial charge < -0.3 is 9.30 Å². The maximum absolute atomic E-state index is 13.3. The van der Waals surface area contributed by atoms with Crippen LogP contribution in [-0.4, -0.2) is 20.6 Å². The van der Waals surface area contributed by atoms with Gasteiger partial charge in [0.2, 0.25) is 0 Å². The predicted molar refractivity (Wildman–Crippen MR) is 162 cm³/mol. The number of rotatable bonds is 6. The third-order valence-corrected chi connectivity index (χ3v) is 8.01. The molecule has 2 heterocycles. The largest absolute Gasteiger partial charge is 0.457 e. The quantitative estimate of drug-likeness (QED) is 0.198. The van der Waals surface area contributed by atoms with Gasteiger partial charge in [0.1, 0.15) is 11.5 Å². The highest BCUT2D eigenvalue weighted by molar-refractivity contribution is 8.18. The van der Waals surface area contributed by atoms with Crippen LogP contribution >= 0.6 is 11.8 Å². The van der Waals surface area contributed by atoms with E-state index >= 15 is 0 Å². The summed E-state index contributed by atoms with van der Waals surface area (Å²) in [5.74, 6) is 1.06. The summed E-state index contributed by atoms with van der Waals surface area (Å²) >= 11 is 0.979. The Balaban J connectivity index is 1.20. The average Bonchev–Trinajstić information content (AvgIpc) is 3.42. The molecule has 0 bridgehead atoms. The standard InChI is InChI=1S/C34H25N3O3S/c1-22-17-28(23(2)37(22)29-11-15-31(16-12-29)40-30-13-8-24(20-35)9-14-30)19-32-33(38)36(34(39)41-32)21-25-7-10-26-5-3-4-6-27(26)18-25/h3-19H,21H2,1-2H3/b32-19-. The number of carbonyl (C=O) groups is 2. The average molecular weight is 556 g/mol. The van der Waals surface area contributed by atoms with Crippen LogP contribution in [0.2, 0.25) is 0 Å². The third-order valence-electron chi connectivity index (χ3n) is 7.10. The van der Waals surface area contributed by atoms with Gasteiger partial charge in [0.25, 0.3) is 11.1 Å². The lowest BCUT2D eigenvalue weighted by Crippen LogP contribution is -2.27. The molecule has 0 N–H and O–H groups in total. The van der Waals surface area contributed by atoms with Crippen molar-refractivity contribution in [1.82, 2.24) is 9.47 Å². The summed E-state index contributed by atoms with van der Waals surface area (Å²) in [6, 6.07) is 32.9. The number of ether oxygens (including phenoxy) is 1. The highest BCUT2D eigenvalue weighted by Crippen LogP contribution is 2.35. The molecule has 0 spiro atoms. The minimum atomic E-state index is -0.276. The number of imide groups is 1. The van der Waals surface area contributed by atoms with Crippen molar-refractivity contribution in [2.75, 3.05) is 0 Å². The molecule has 1 fully saturated rings. The Bertz CT molecular complexity index is 1880. The second-order valence-electron chi connectivity index (χ2n) is 9.84. The molecule has 41 heavy (non-hydrogen) atoms. The molecule has 4 aromatic carbocycles. The number of amides is 2. The fourth-order valence-corrected chi connectivity index (χ4v) is 5.85. The summed E-state index contributed by atoms with van der Waals surface area (Å²) < 4.78 is 8.02. The zero-order valence-electron chi connectivity index (χ0n) is 22.5. The Morgan fingerprint density at radius 1 is 0.854 bits per heavy atom. The molecule has 6 rings (SSSR count). The van der Waals surface area contributed by atoms with Crippen LogP contribution in [0.3, 0.4) is 0 Å². The first-order valence-corrected chi connectivity index (χ1v) is 13.9. The van der Waals surface area contributed by atoms with Gasteiger partial charge in [-0.25, -0.2) is 0 Å². The van der Waals surface area contributed by atoms with Crippen molar-refractivity contribution in [3.8, 4) is 23.3 Å². The highest BCUT2D eigenvalue weighted by Gasteiger charge is 2.35. The van der Waals surface area contributed by atoms with Crippen LogP contribution < -0.4 is 4.74 Å². The van der Waals surface area contributed by atoms with Gasteiger partial charge in [-0.15, -0.1) is 0 Å². The van der Waals surface area contributed by atoms with Gasteiger partial charge >= 0.3 is 0 Å². The first-order valence-electron chi connectivity index (χ1n) is 13.1. The molecule has 0 aliphatic carbocycles. The van der Waals surface area contributed by atoms with Crippen molar-refractivity contribution >= 4 is 39.8 Å². The van der Waals surface area contributed by atoms with E-state index in [4.69, 9.17) is 10.00 Å². The number of benzene rings is 4. The summed E-state index contributed by atoms with van der Waals surface area (Å²) in [6.07, 6.45) is 1.81. The van der Waals surface area contributed by atoms with Crippen molar-refractivity contribution in [3.63, 3.8) is 0 Å². The van der Waals surface area contributed by atoms with Gasteiger partial charge in [0.15, 0.2) is 0 Å². The maximum Gasteiger partial charge on any atom is 0.293 e.